The highest BCUT2D eigenvalue weighted by Gasteiger charge is 2.40. The summed E-state index contributed by atoms with van der Waals surface area (Å²) >= 11 is 0. The van der Waals surface area contributed by atoms with Crippen molar-refractivity contribution in [2.75, 3.05) is 38.8 Å². The number of benzene rings is 1. The highest BCUT2D eigenvalue weighted by molar-refractivity contribution is 5.97. The van der Waals surface area contributed by atoms with Crippen LogP contribution in [0.5, 0.6) is 0 Å². The van der Waals surface area contributed by atoms with Gasteiger partial charge >= 0.3 is 0 Å². The summed E-state index contributed by atoms with van der Waals surface area (Å²) in [6.07, 6.45) is 5.38. The molecule has 5 heteroatoms. The van der Waals surface area contributed by atoms with Crippen molar-refractivity contribution in [3.05, 3.63) is 29.8 Å². The van der Waals surface area contributed by atoms with Gasteiger partial charge in [-0.1, -0.05) is 18.2 Å². The molecule has 2 aliphatic heterocycles. The molecule has 26 heavy (non-hydrogen) atoms. The van der Waals surface area contributed by atoms with Gasteiger partial charge in [-0.15, -0.1) is 0 Å². The first-order chi connectivity index (χ1) is 12.7. The fourth-order valence-electron chi connectivity index (χ4n) is 5.03. The Labute approximate surface area is 156 Å². The Morgan fingerprint density at radius 3 is 2.31 bits per heavy atom. The highest BCUT2D eigenvalue weighted by atomic mass is 16.5. The van der Waals surface area contributed by atoms with Gasteiger partial charge in [0, 0.05) is 38.4 Å². The number of anilines is 1. The van der Waals surface area contributed by atoms with Gasteiger partial charge in [-0.25, -0.2) is 0 Å². The number of carbonyl (C=O) groups excluding carboxylic acids is 1. The first kappa shape index (κ1) is 18.0. The van der Waals surface area contributed by atoms with Gasteiger partial charge in [-0.3, -0.25) is 4.79 Å². The first-order valence-corrected chi connectivity index (χ1v) is 9.90. The molecule has 2 fully saturated rings. The normalized spacial score (nSPS) is 27.8. The maximum Gasteiger partial charge on any atom is 0.230 e. The Hall–Kier alpha value is -1.43. The second-order valence-corrected chi connectivity index (χ2v) is 7.85. The van der Waals surface area contributed by atoms with E-state index in [1.54, 1.807) is 14.2 Å². The van der Waals surface area contributed by atoms with Crippen molar-refractivity contribution in [3.63, 3.8) is 0 Å². The molecule has 0 bridgehead atoms. The van der Waals surface area contributed by atoms with E-state index >= 15 is 0 Å². The van der Waals surface area contributed by atoms with Crippen LogP contribution in [0.15, 0.2) is 24.3 Å². The molecule has 1 aliphatic carbocycles. The predicted octanol–water partition coefficient (Wildman–Crippen LogP) is 2.48. The maximum absolute atomic E-state index is 13.1. The number of rotatable bonds is 4. The number of para-hydroxylation sites is 1. The second-order valence-electron chi connectivity index (χ2n) is 7.85. The molecule has 5 nitrogen and oxygen atoms in total. The van der Waals surface area contributed by atoms with Crippen molar-refractivity contribution in [2.45, 2.75) is 50.4 Å². The summed E-state index contributed by atoms with van der Waals surface area (Å²) in [6.45, 7) is 2.85. The zero-order chi connectivity index (χ0) is 18.1. The molecule has 4 rings (SSSR count). The fourth-order valence-corrected chi connectivity index (χ4v) is 5.03. The van der Waals surface area contributed by atoms with Gasteiger partial charge in [0.15, 0.2) is 0 Å². The van der Waals surface area contributed by atoms with E-state index < -0.39 is 0 Å². The molecule has 1 amide bonds. The zero-order valence-corrected chi connectivity index (χ0v) is 15.9. The monoisotopic (exact) mass is 358 g/mol. The minimum atomic E-state index is 0.162. The van der Waals surface area contributed by atoms with Crippen molar-refractivity contribution in [1.82, 2.24) is 4.90 Å². The number of hydrogen-bond acceptors (Lipinski definition) is 4. The molecule has 0 radical (unpaired) electrons. The molecule has 142 valence electrons. The second kappa shape index (κ2) is 7.67. The Morgan fingerprint density at radius 2 is 1.65 bits per heavy atom. The average Bonchev–Trinajstić information content (AvgIpc) is 3.31. The summed E-state index contributed by atoms with van der Waals surface area (Å²) in [5.74, 6) is 0.487. The zero-order valence-electron chi connectivity index (χ0n) is 15.9. The number of fused-ring (bicyclic) bond motifs is 1. The summed E-state index contributed by atoms with van der Waals surface area (Å²) in [6, 6.07) is 8.85. The van der Waals surface area contributed by atoms with Crippen LogP contribution in [0.4, 0.5) is 5.69 Å². The van der Waals surface area contributed by atoms with Gasteiger partial charge in [0.25, 0.3) is 0 Å². The molecule has 2 atom stereocenters. The third-order valence-corrected chi connectivity index (χ3v) is 6.58. The van der Waals surface area contributed by atoms with E-state index in [4.69, 9.17) is 9.47 Å². The fraction of sp³-hybridized carbons (Fsp3) is 0.667. The minimum absolute atomic E-state index is 0.162. The van der Waals surface area contributed by atoms with E-state index in [0.29, 0.717) is 11.9 Å². The number of nitrogens with zero attached hydrogens (tertiary/aromatic N) is 2. The van der Waals surface area contributed by atoms with Crippen molar-refractivity contribution < 1.29 is 14.3 Å². The number of ether oxygens (including phenoxy) is 2. The number of methoxy groups -OCH3 is 2. The van der Waals surface area contributed by atoms with Crippen LogP contribution in [-0.4, -0.2) is 62.9 Å². The van der Waals surface area contributed by atoms with Gasteiger partial charge < -0.3 is 19.3 Å². The maximum atomic E-state index is 13.1. The first-order valence-electron chi connectivity index (χ1n) is 9.90. The highest BCUT2D eigenvalue weighted by Crippen LogP contribution is 2.34. The summed E-state index contributed by atoms with van der Waals surface area (Å²) in [5, 5.41) is 0. The Balaban J connectivity index is 1.34. The standard InChI is InChI=1S/C21H30N2O3/c1-25-19-13-17(14-20(19)26-2)22-10-7-16(8-11-22)21(24)23-12-9-15-5-3-4-6-18(15)23/h3-6,16-17,19-20H,7-14H2,1-2H3/t19-,20-/m1/s1. The van der Waals surface area contributed by atoms with Crippen LogP contribution in [-0.2, 0) is 20.7 Å². The minimum Gasteiger partial charge on any atom is -0.379 e. The van der Waals surface area contributed by atoms with Crippen LogP contribution >= 0.6 is 0 Å². The molecule has 1 aromatic carbocycles. The molecule has 0 unspecified atom stereocenters. The van der Waals surface area contributed by atoms with Crippen LogP contribution in [0.3, 0.4) is 0 Å². The lowest BCUT2D eigenvalue weighted by atomic mass is 9.94. The third kappa shape index (κ3) is 3.28. The van der Waals surface area contributed by atoms with Crippen LogP contribution < -0.4 is 4.90 Å². The summed E-state index contributed by atoms with van der Waals surface area (Å²) < 4.78 is 11.2. The van der Waals surface area contributed by atoms with Crippen LogP contribution in [0, 0.1) is 5.92 Å². The molecule has 1 aromatic rings. The third-order valence-electron chi connectivity index (χ3n) is 6.58. The molecule has 0 spiro atoms. The van der Waals surface area contributed by atoms with E-state index in [1.165, 1.54) is 5.56 Å². The molecule has 0 aromatic heterocycles. The Kier molecular flexibility index (Phi) is 5.30. The quantitative estimate of drug-likeness (QED) is 0.829. The van der Waals surface area contributed by atoms with E-state index in [2.05, 4.69) is 23.1 Å². The van der Waals surface area contributed by atoms with Gasteiger partial charge in [-0.2, -0.15) is 0 Å². The number of likely N-dealkylation sites (tertiary alicyclic amines) is 1. The number of piperidine rings is 1. The number of hydrogen-bond donors (Lipinski definition) is 0. The molecule has 1 saturated carbocycles. The topological polar surface area (TPSA) is 42.0 Å². The summed E-state index contributed by atoms with van der Waals surface area (Å²) in [7, 11) is 3.55. The summed E-state index contributed by atoms with van der Waals surface area (Å²) in [4.78, 5) is 17.6. The molecular weight excluding hydrogens is 328 g/mol. The predicted molar refractivity (Wildman–Crippen MR) is 101 cm³/mol. The molecule has 1 saturated heterocycles. The molecule has 0 N–H and O–H groups in total. The van der Waals surface area contributed by atoms with E-state index in [0.717, 1.165) is 57.4 Å². The van der Waals surface area contributed by atoms with E-state index in [1.807, 2.05) is 11.0 Å². The number of carbonyl (C=O) groups is 1. The van der Waals surface area contributed by atoms with Crippen LogP contribution in [0.2, 0.25) is 0 Å². The number of amides is 1. The largest absolute Gasteiger partial charge is 0.379 e. The Morgan fingerprint density at radius 1 is 1.00 bits per heavy atom. The SMILES string of the molecule is CO[C@@H]1CC(N2CCC(C(=O)N3CCc4ccccc43)CC2)C[C@H]1OC. The lowest BCUT2D eigenvalue weighted by Crippen LogP contribution is -2.45. The lowest BCUT2D eigenvalue weighted by Gasteiger charge is -2.36. The van der Waals surface area contributed by atoms with Crippen LogP contribution in [0.25, 0.3) is 0 Å². The summed E-state index contributed by atoms with van der Waals surface area (Å²) in [5.41, 5.74) is 2.43. The molecule has 2 heterocycles. The molecular formula is C21H30N2O3. The van der Waals surface area contributed by atoms with Gasteiger partial charge in [-0.05, 0) is 56.8 Å². The van der Waals surface area contributed by atoms with Gasteiger partial charge in [0.05, 0.1) is 12.2 Å². The van der Waals surface area contributed by atoms with Crippen molar-refractivity contribution in [2.24, 2.45) is 5.92 Å². The van der Waals surface area contributed by atoms with Gasteiger partial charge in [0.1, 0.15) is 0 Å². The van der Waals surface area contributed by atoms with Crippen molar-refractivity contribution >= 4 is 11.6 Å². The Bertz CT molecular complexity index is 630. The molecule has 3 aliphatic rings. The van der Waals surface area contributed by atoms with Crippen LogP contribution in [0.1, 0.15) is 31.2 Å². The van der Waals surface area contributed by atoms with E-state index in [-0.39, 0.29) is 18.1 Å². The average molecular weight is 358 g/mol. The van der Waals surface area contributed by atoms with E-state index in [9.17, 15) is 4.79 Å². The lowest BCUT2D eigenvalue weighted by molar-refractivity contribution is -0.123. The van der Waals surface area contributed by atoms with Crippen molar-refractivity contribution in [1.29, 1.82) is 0 Å². The smallest absolute Gasteiger partial charge is 0.230 e. The van der Waals surface area contributed by atoms with Gasteiger partial charge in [0.2, 0.25) is 5.91 Å². The van der Waals surface area contributed by atoms with Crippen molar-refractivity contribution in [3.8, 4) is 0 Å².